The van der Waals surface area contributed by atoms with Crippen LogP contribution in [0.15, 0.2) is 0 Å². The maximum atomic E-state index is 11.5. The highest BCUT2D eigenvalue weighted by atomic mass is 32.2. The van der Waals surface area contributed by atoms with Crippen molar-refractivity contribution < 1.29 is 13.2 Å². The van der Waals surface area contributed by atoms with Gasteiger partial charge in [0, 0.05) is 17.7 Å². The number of sulfone groups is 1. The minimum atomic E-state index is -3.03. The molecule has 1 fully saturated rings. The van der Waals surface area contributed by atoms with E-state index in [1.54, 1.807) is 0 Å². The van der Waals surface area contributed by atoms with Crippen molar-refractivity contribution >= 4 is 16.1 Å². The third-order valence-electron chi connectivity index (χ3n) is 3.17. The smallest absolute Gasteiger partial charge is 0.170 e. The van der Waals surface area contributed by atoms with Crippen LogP contribution in [0.1, 0.15) is 40.6 Å². The molecule has 0 saturated heterocycles. The first-order valence-electron chi connectivity index (χ1n) is 5.36. The predicted octanol–water partition coefficient (Wildman–Crippen LogP) is 0.501. The number of carbonyl (C=O) groups is 1. The maximum Gasteiger partial charge on any atom is 0.170 e. The van der Waals surface area contributed by atoms with Crippen molar-refractivity contribution in [3.05, 3.63) is 17.0 Å². The Morgan fingerprint density at radius 1 is 1.38 bits per heavy atom. The van der Waals surface area contributed by atoms with E-state index >= 15 is 0 Å². The number of hydrogen-bond acceptors (Lipinski definition) is 4. The Bertz CT molecular complexity index is 555. The van der Waals surface area contributed by atoms with Gasteiger partial charge in [-0.15, -0.1) is 0 Å². The lowest BCUT2D eigenvalue weighted by atomic mass is 10.1. The van der Waals surface area contributed by atoms with Crippen LogP contribution in [0, 0.1) is 0 Å². The van der Waals surface area contributed by atoms with Gasteiger partial charge < -0.3 is 0 Å². The molecule has 16 heavy (non-hydrogen) atoms. The SMILES string of the molecule is O=Cc1nn(C2CC2)c2c1CS(=O)(=O)CC2. The highest BCUT2D eigenvalue weighted by Gasteiger charge is 2.34. The topological polar surface area (TPSA) is 69.0 Å². The Kier molecular flexibility index (Phi) is 1.98. The molecule has 1 aromatic rings. The summed E-state index contributed by atoms with van der Waals surface area (Å²) in [4.78, 5) is 10.9. The Morgan fingerprint density at radius 2 is 2.12 bits per heavy atom. The fraction of sp³-hybridized carbons (Fsp3) is 0.600. The molecular formula is C10H12N2O3S. The number of rotatable bonds is 2. The molecule has 0 N–H and O–H groups in total. The second kappa shape index (κ2) is 3.16. The van der Waals surface area contributed by atoms with Crippen molar-refractivity contribution in [3.8, 4) is 0 Å². The van der Waals surface area contributed by atoms with E-state index in [2.05, 4.69) is 5.10 Å². The molecule has 1 aromatic heterocycles. The van der Waals surface area contributed by atoms with E-state index in [4.69, 9.17) is 0 Å². The molecule has 6 heteroatoms. The van der Waals surface area contributed by atoms with Crippen LogP contribution < -0.4 is 0 Å². The van der Waals surface area contributed by atoms with Gasteiger partial charge in [-0.25, -0.2) is 8.42 Å². The zero-order valence-corrected chi connectivity index (χ0v) is 9.53. The van der Waals surface area contributed by atoms with Crippen LogP contribution in [0.25, 0.3) is 0 Å². The van der Waals surface area contributed by atoms with E-state index < -0.39 is 9.84 Å². The lowest BCUT2D eigenvalue weighted by Gasteiger charge is -2.14. The van der Waals surface area contributed by atoms with Crippen LogP contribution in [-0.2, 0) is 22.0 Å². The fourth-order valence-corrected chi connectivity index (χ4v) is 3.61. The minimum absolute atomic E-state index is 0.0247. The average Bonchev–Trinajstić information content (AvgIpc) is 3.00. The van der Waals surface area contributed by atoms with Gasteiger partial charge in [-0.1, -0.05) is 0 Å². The van der Waals surface area contributed by atoms with Crippen molar-refractivity contribution in [2.24, 2.45) is 0 Å². The van der Waals surface area contributed by atoms with Crippen LogP contribution in [-0.4, -0.2) is 30.2 Å². The van der Waals surface area contributed by atoms with Crippen LogP contribution in [0.2, 0.25) is 0 Å². The summed E-state index contributed by atoms with van der Waals surface area (Å²) in [5.74, 6) is 0.153. The zero-order chi connectivity index (χ0) is 11.3. The molecule has 1 saturated carbocycles. The maximum absolute atomic E-state index is 11.5. The molecule has 2 heterocycles. The molecule has 1 aliphatic heterocycles. The molecule has 0 atom stereocenters. The number of aldehydes is 1. The molecule has 0 bridgehead atoms. The Balaban J connectivity index is 2.14. The van der Waals surface area contributed by atoms with Gasteiger partial charge in [-0.2, -0.15) is 5.10 Å². The van der Waals surface area contributed by atoms with Crippen LogP contribution in [0.5, 0.6) is 0 Å². The molecule has 0 radical (unpaired) electrons. The summed E-state index contributed by atoms with van der Waals surface area (Å²) in [7, 11) is -3.03. The molecular weight excluding hydrogens is 228 g/mol. The van der Waals surface area contributed by atoms with Gasteiger partial charge in [-0.3, -0.25) is 9.48 Å². The molecule has 2 aliphatic rings. The van der Waals surface area contributed by atoms with Gasteiger partial charge in [0.05, 0.1) is 17.5 Å². The van der Waals surface area contributed by atoms with E-state index in [1.807, 2.05) is 4.68 Å². The molecule has 0 amide bonds. The van der Waals surface area contributed by atoms with Crippen molar-refractivity contribution in [2.45, 2.75) is 31.1 Å². The first kappa shape index (κ1) is 10.0. The number of aromatic nitrogens is 2. The normalized spacial score (nSPS) is 22.8. The van der Waals surface area contributed by atoms with E-state index in [9.17, 15) is 13.2 Å². The number of carbonyl (C=O) groups excluding carboxylic acids is 1. The Morgan fingerprint density at radius 3 is 2.75 bits per heavy atom. The minimum Gasteiger partial charge on any atom is -0.296 e. The van der Waals surface area contributed by atoms with Crippen LogP contribution in [0.3, 0.4) is 0 Å². The summed E-state index contributed by atoms with van der Waals surface area (Å²) in [5, 5.41) is 4.22. The van der Waals surface area contributed by atoms with E-state index in [1.165, 1.54) is 0 Å². The first-order chi connectivity index (χ1) is 7.61. The van der Waals surface area contributed by atoms with Gasteiger partial charge in [0.1, 0.15) is 5.69 Å². The van der Waals surface area contributed by atoms with Gasteiger partial charge in [0.25, 0.3) is 0 Å². The first-order valence-corrected chi connectivity index (χ1v) is 7.19. The summed E-state index contributed by atoms with van der Waals surface area (Å²) < 4.78 is 24.9. The van der Waals surface area contributed by atoms with Gasteiger partial charge in [0.15, 0.2) is 16.1 Å². The molecule has 3 rings (SSSR count). The summed E-state index contributed by atoms with van der Waals surface area (Å²) in [6.07, 6.45) is 3.33. The van der Waals surface area contributed by atoms with Gasteiger partial charge in [0.2, 0.25) is 0 Å². The lowest BCUT2D eigenvalue weighted by Crippen LogP contribution is -2.20. The number of nitrogens with zero attached hydrogens (tertiary/aromatic N) is 2. The number of hydrogen-bond donors (Lipinski definition) is 0. The fourth-order valence-electron chi connectivity index (χ4n) is 2.21. The van der Waals surface area contributed by atoms with Crippen molar-refractivity contribution in [1.29, 1.82) is 0 Å². The summed E-state index contributed by atoms with van der Waals surface area (Å²) in [6, 6.07) is 0.392. The lowest BCUT2D eigenvalue weighted by molar-refractivity contribution is 0.111. The summed E-state index contributed by atoms with van der Waals surface area (Å²) in [6.45, 7) is 0. The predicted molar refractivity (Wildman–Crippen MR) is 57.1 cm³/mol. The van der Waals surface area contributed by atoms with Crippen molar-refractivity contribution in [1.82, 2.24) is 9.78 Å². The summed E-state index contributed by atoms with van der Waals surface area (Å²) >= 11 is 0. The van der Waals surface area contributed by atoms with E-state index in [-0.39, 0.29) is 11.5 Å². The molecule has 1 aliphatic carbocycles. The average molecular weight is 240 g/mol. The van der Waals surface area contributed by atoms with Gasteiger partial charge >= 0.3 is 0 Å². The van der Waals surface area contributed by atoms with E-state index in [0.717, 1.165) is 18.5 Å². The summed E-state index contributed by atoms with van der Waals surface area (Å²) in [5.41, 5.74) is 1.90. The highest BCUT2D eigenvalue weighted by molar-refractivity contribution is 7.90. The number of fused-ring (bicyclic) bond motifs is 1. The largest absolute Gasteiger partial charge is 0.296 e. The molecule has 0 unspecified atom stereocenters. The molecule has 86 valence electrons. The second-order valence-corrected chi connectivity index (χ2v) is 6.63. The Hall–Kier alpha value is -1.17. The Labute approximate surface area is 93.4 Å². The van der Waals surface area contributed by atoms with Crippen molar-refractivity contribution in [3.63, 3.8) is 0 Å². The molecule has 0 spiro atoms. The third kappa shape index (κ3) is 1.48. The van der Waals surface area contributed by atoms with E-state index in [0.29, 0.717) is 30.0 Å². The third-order valence-corrected chi connectivity index (χ3v) is 4.72. The standard InChI is InChI=1S/C10H12N2O3S/c13-5-9-8-6-16(14,15)4-3-10(8)12(11-9)7-1-2-7/h5,7H,1-4,6H2. The van der Waals surface area contributed by atoms with Crippen LogP contribution in [0.4, 0.5) is 0 Å². The van der Waals surface area contributed by atoms with Crippen LogP contribution >= 0.6 is 0 Å². The monoisotopic (exact) mass is 240 g/mol. The highest BCUT2D eigenvalue weighted by Crippen LogP contribution is 2.38. The quantitative estimate of drug-likeness (QED) is 0.706. The second-order valence-electron chi connectivity index (χ2n) is 4.45. The molecule has 0 aromatic carbocycles. The van der Waals surface area contributed by atoms with Gasteiger partial charge in [-0.05, 0) is 12.8 Å². The van der Waals surface area contributed by atoms with Crippen molar-refractivity contribution in [2.75, 3.05) is 5.75 Å². The molecule has 5 nitrogen and oxygen atoms in total. The zero-order valence-electron chi connectivity index (χ0n) is 8.72.